The Morgan fingerprint density at radius 3 is 0.611 bits per heavy atom. The summed E-state index contributed by atoms with van der Waals surface area (Å²) < 4.78 is 87.6. The van der Waals surface area contributed by atoms with Crippen LogP contribution in [0.2, 0.25) is 0 Å². The van der Waals surface area contributed by atoms with Crippen LogP contribution in [0.4, 0.5) is 0 Å². The van der Waals surface area contributed by atoms with Crippen LogP contribution in [0.15, 0.2) is 8.47 Å². The Labute approximate surface area is 106 Å². The first-order chi connectivity index (χ1) is 7.49. The van der Waals surface area contributed by atoms with Crippen LogP contribution in [-0.2, 0) is 39.3 Å². The zero-order chi connectivity index (χ0) is 15.2. The molecule has 0 aliphatic heterocycles. The number of hydrogen-bond donors (Lipinski definition) is 0. The van der Waals surface area contributed by atoms with Crippen LogP contribution in [0.25, 0.3) is 0 Å². The molecule has 0 atom stereocenters. The fourth-order valence-corrected chi connectivity index (χ4v) is 10.4. The molecule has 108 valence electrons. The Morgan fingerprint density at radius 2 is 0.556 bits per heavy atom. The van der Waals surface area contributed by atoms with Gasteiger partial charge in [-0.05, 0) is 0 Å². The van der Waals surface area contributed by atoms with Crippen molar-refractivity contribution in [2.75, 3.05) is 25.0 Å². The Hall–Kier alpha value is -0.460. The van der Waals surface area contributed by atoms with Gasteiger partial charge < -0.3 is 0 Å². The lowest BCUT2D eigenvalue weighted by Gasteiger charge is -2.09. The van der Waals surface area contributed by atoms with E-state index in [1.807, 2.05) is 0 Å². The first-order valence-corrected chi connectivity index (χ1v) is 11.6. The smallest absolute Gasteiger partial charge is 0.188 e. The maximum absolute atomic E-state index is 11.3. The summed E-state index contributed by atoms with van der Waals surface area (Å²) in [6.45, 7) is 0. The molecule has 0 aliphatic rings. The molecule has 0 saturated heterocycles. The van der Waals surface area contributed by atoms with Crippen molar-refractivity contribution in [2.24, 2.45) is 0 Å². The molecule has 0 rings (SSSR count). The van der Waals surface area contributed by atoms with Gasteiger partial charge in [0.2, 0.25) is 0 Å². The molecule has 0 amide bonds. The minimum absolute atomic E-state index is 0.416. The van der Waals surface area contributed by atoms with Gasteiger partial charge in [-0.25, -0.2) is 33.7 Å². The average Bonchev–Trinajstić information content (AvgIpc) is 1.89. The van der Waals surface area contributed by atoms with E-state index in [4.69, 9.17) is 0 Å². The van der Waals surface area contributed by atoms with Crippen LogP contribution in [-0.4, -0.2) is 58.7 Å². The van der Waals surface area contributed by atoms with Gasteiger partial charge >= 0.3 is 0 Å². The molecule has 0 radical (unpaired) electrons. The molecule has 8 nitrogen and oxygen atoms in total. The van der Waals surface area contributed by atoms with Crippen LogP contribution < -0.4 is 0 Å². The molecular weight excluding hydrogens is 328 g/mol. The van der Waals surface area contributed by atoms with E-state index < -0.39 is 47.8 Å². The monoisotopic (exact) mass is 340 g/mol. The summed E-state index contributed by atoms with van der Waals surface area (Å²) in [5, 5.41) is 0. The summed E-state index contributed by atoms with van der Waals surface area (Å²) in [5.74, 6) is 0. The van der Waals surface area contributed by atoms with E-state index >= 15 is 0 Å². The maximum Gasteiger partial charge on any atom is 0.188 e. The standard InChI is InChI=1S/C6H12O8S4/c1-15(7,8)5(16(2,9)10)6(17(3,11)12)18(4,13)14/h1-4H3. The molecule has 0 N–H and O–H groups in total. The van der Waals surface area contributed by atoms with E-state index in [2.05, 4.69) is 0 Å². The summed E-state index contributed by atoms with van der Waals surface area (Å²) in [6, 6.07) is 0. The number of rotatable bonds is 4. The van der Waals surface area contributed by atoms with Crippen molar-refractivity contribution in [3.05, 3.63) is 8.47 Å². The second-order valence-electron chi connectivity index (χ2n) is 3.66. The highest BCUT2D eigenvalue weighted by Crippen LogP contribution is 2.25. The van der Waals surface area contributed by atoms with E-state index in [0.29, 0.717) is 25.0 Å². The fraction of sp³-hybridized carbons (Fsp3) is 0.667. The summed E-state index contributed by atoms with van der Waals surface area (Å²) >= 11 is 0. The Kier molecular flexibility index (Phi) is 4.46. The molecule has 0 aromatic carbocycles. The molecule has 0 unspecified atom stereocenters. The first-order valence-electron chi connectivity index (χ1n) is 4.03. The normalized spacial score (nSPS) is 14.2. The number of hydrogen-bond acceptors (Lipinski definition) is 8. The van der Waals surface area contributed by atoms with Gasteiger partial charge in [-0.1, -0.05) is 0 Å². The Bertz CT molecular complexity index is 651. The largest absolute Gasteiger partial charge is 0.223 e. The molecule has 0 bridgehead atoms. The fourth-order valence-electron chi connectivity index (χ4n) is 1.16. The second kappa shape index (κ2) is 4.58. The SMILES string of the molecule is CS(=O)(=O)C(=C(S(C)(=O)=O)S(C)(=O)=O)S(C)(=O)=O. The van der Waals surface area contributed by atoms with E-state index in [1.54, 1.807) is 0 Å². The zero-order valence-electron chi connectivity index (χ0n) is 9.90. The summed E-state index contributed by atoms with van der Waals surface area (Å²) in [6.07, 6.45) is 1.67. The highest BCUT2D eigenvalue weighted by molar-refractivity contribution is 8.19. The minimum Gasteiger partial charge on any atom is -0.223 e. The maximum atomic E-state index is 11.3. The highest BCUT2D eigenvalue weighted by Gasteiger charge is 2.37. The lowest BCUT2D eigenvalue weighted by Crippen LogP contribution is -2.22. The molecule has 12 heteroatoms. The lowest BCUT2D eigenvalue weighted by atomic mass is 11.2. The quantitative estimate of drug-likeness (QED) is 0.590. The van der Waals surface area contributed by atoms with Crippen LogP contribution in [0.1, 0.15) is 0 Å². The molecule has 0 spiro atoms. The van der Waals surface area contributed by atoms with E-state index in [9.17, 15) is 33.7 Å². The first kappa shape index (κ1) is 17.5. The third kappa shape index (κ3) is 4.33. The van der Waals surface area contributed by atoms with E-state index in [-0.39, 0.29) is 0 Å². The topological polar surface area (TPSA) is 137 Å². The molecule has 0 aliphatic carbocycles. The van der Waals surface area contributed by atoms with Crippen molar-refractivity contribution >= 4 is 39.3 Å². The van der Waals surface area contributed by atoms with Crippen LogP contribution in [0.3, 0.4) is 0 Å². The average molecular weight is 340 g/mol. The van der Waals surface area contributed by atoms with Crippen LogP contribution >= 0.6 is 0 Å². The minimum atomic E-state index is -4.55. The molecule has 0 aromatic rings. The van der Waals surface area contributed by atoms with Gasteiger partial charge in [-0.2, -0.15) is 0 Å². The van der Waals surface area contributed by atoms with Gasteiger partial charge in [-0.15, -0.1) is 0 Å². The van der Waals surface area contributed by atoms with Crippen molar-refractivity contribution in [3.63, 3.8) is 0 Å². The molecular formula is C6H12O8S4. The van der Waals surface area contributed by atoms with Gasteiger partial charge in [0.1, 0.15) is 0 Å². The summed E-state index contributed by atoms with van der Waals surface area (Å²) in [5.41, 5.74) is 0. The number of sulfone groups is 4. The van der Waals surface area contributed by atoms with Gasteiger partial charge in [0.25, 0.3) is 0 Å². The lowest BCUT2D eigenvalue weighted by molar-refractivity contribution is 0.592. The zero-order valence-corrected chi connectivity index (χ0v) is 13.2. The van der Waals surface area contributed by atoms with Crippen molar-refractivity contribution in [1.29, 1.82) is 0 Å². The van der Waals surface area contributed by atoms with Crippen molar-refractivity contribution < 1.29 is 33.7 Å². The molecule has 0 saturated carbocycles. The van der Waals surface area contributed by atoms with E-state index in [0.717, 1.165) is 0 Å². The van der Waals surface area contributed by atoms with Gasteiger partial charge in [0.05, 0.1) is 0 Å². The van der Waals surface area contributed by atoms with Crippen molar-refractivity contribution in [1.82, 2.24) is 0 Å². The predicted octanol–water partition coefficient (Wildman–Crippen LogP) is -1.71. The van der Waals surface area contributed by atoms with Crippen molar-refractivity contribution in [3.8, 4) is 0 Å². The van der Waals surface area contributed by atoms with Gasteiger partial charge in [0, 0.05) is 25.0 Å². The summed E-state index contributed by atoms with van der Waals surface area (Å²) in [4.78, 5) is 0. The molecule has 0 aromatic heterocycles. The highest BCUT2D eigenvalue weighted by atomic mass is 32.3. The van der Waals surface area contributed by atoms with Gasteiger partial charge in [0.15, 0.2) is 47.8 Å². The van der Waals surface area contributed by atoms with E-state index in [1.165, 1.54) is 0 Å². The van der Waals surface area contributed by atoms with Gasteiger partial charge in [-0.3, -0.25) is 0 Å². The van der Waals surface area contributed by atoms with Crippen molar-refractivity contribution in [2.45, 2.75) is 0 Å². The second-order valence-corrected chi connectivity index (χ2v) is 12.0. The van der Waals surface area contributed by atoms with Crippen LogP contribution in [0.5, 0.6) is 0 Å². The summed E-state index contributed by atoms with van der Waals surface area (Å²) in [7, 11) is -18.2. The predicted molar refractivity (Wildman–Crippen MR) is 66.4 cm³/mol. The third-order valence-corrected chi connectivity index (χ3v) is 9.17. The van der Waals surface area contributed by atoms with Crippen LogP contribution in [0, 0.1) is 0 Å². The Morgan fingerprint density at radius 1 is 0.444 bits per heavy atom. The molecule has 18 heavy (non-hydrogen) atoms. The molecule has 0 heterocycles. The molecule has 0 fully saturated rings. The Balaban J connectivity index is 7.35. The third-order valence-electron chi connectivity index (χ3n) is 1.51.